The summed E-state index contributed by atoms with van der Waals surface area (Å²) < 4.78 is 0. The summed E-state index contributed by atoms with van der Waals surface area (Å²) in [4.78, 5) is 9.53. The first-order valence-corrected chi connectivity index (χ1v) is 15.6. The highest BCUT2D eigenvalue weighted by Crippen LogP contribution is 2.46. The topological polar surface area (TPSA) is 28.2 Å². The van der Waals surface area contributed by atoms with Crippen molar-refractivity contribution >= 4 is 16.9 Å². The van der Waals surface area contributed by atoms with Crippen molar-refractivity contribution in [2.24, 2.45) is 0 Å². The molecule has 3 heterocycles. The Morgan fingerprint density at radius 3 is 2.23 bits per heavy atom. The summed E-state index contributed by atoms with van der Waals surface area (Å²) in [7, 11) is 0. The fraction of sp³-hybridized carbons (Fsp3) is 0.710. The second-order valence-electron chi connectivity index (χ2n) is 11.9. The quantitative estimate of drug-likeness (QED) is 0.454. The van der Waals surface area contributed by atoms with Crippen molar-refractivity contribution in [2.45, 2.75) is 134 Å². The van der Waals surface area contributed by atoms with E-state index >= 15 is 0 Å². The Morgan fingerprint density at radius 1 is 0.886 bits per heavy atom. The molecule has 4 heteroatoms. The van der Waals surface area contributed by atoms with E-state index in [9.17, 15) is 0 Å². The van der Waals surface area contributed by atoms with E-state index in [1.165, 1.54) is 125 Å². The Balaban J connectivity index is 1.50. The summed E-state index contributed by atoms with van der Waals surface area (Å²) in [5.74, 6) is 0. The molecule has 0 radical (unpaired) electrons. The van der Waals surface area contributed by atoms with Crippen molar-refractivity contribution < 1.29 is 0 Å². The lowest BCUT2D eigenvalue weighted by atomic mass is 9.75. The summed E-state index contributed by atoms with van der Waals surface area (Å²) in [6.07, 6.45) is 29.8. The first-order valence-electron chi connectivity index (χ1n) is 14.8. The number of nitrogens with one attached hydrogen (secondary N) is 1. The Bertz CT molecular complexity index is 904. The van der Waals surface area contributed by atoms with Crippen LogP contribution in [-0.2, 0) is 5.41 Å². The predicted octanol–water partition coefficient (Wildman–Crippen LogP) is 8.80. The van der Waals surface area contributed by atoms with Crippen molar-refractivity contribution in [3.8, 4) is 0 Å². The van der Waals surface area contributed by atoms with Crippen LogP contribution in [0.4, 0.5) is 0 Å². The van der Waals surface area contributed by atoms with Crippen LogP contribution < -0.4 is 5.32 Å². The van der Waals surface area contributed by atoms with Crippen LogP contribution in [0.5, 0.6) is 0 Å². The number of hydrogen-bond donors (Lipinski definition) is 1. The van der Waals surface area contributed by atoms with Crippen LogP contribution in [0.25, 0.3) is 5.57 Å². The number of rotatable bonds is 4. The summed E-state index contributed by atoms with van der Waals surface area (Å²) in [5.41, 5.74) is 3.99. The zero-order chi connectivity index (χ0) is 24.1. The molecule has 1 saturated heterocycles. The van der Waals surface area contributed by atoms with Crippen LogP contribution in [0.1, 0.15) is 138 Å². The number of piperidine rings is 1. The van der Waals surface area contributed by atoms with Gasteiger partial charge in [-0.2, -0.15) is 0 Å². The molecule has 3 fully saturated rings. The summed E-state index contributed by atoms with van der Waals surface area (Å²) in [6, 6.07) is 1.02. The highest BCUT2D eigenvalue weighted by Gasteiger charge is 2.35. The monoisotopic (exact) mass is 493 g/mol. The molecule has 2 aliphatic heterocycles. The van der Waals surface area contributed by atoms with Crippen molar-refractivity contribution in [1.29, 1.82) is 0 Å². The van der Waals surface area contributed by atoms with Gasteiger partial charge in [-0.05, 0) is 57.2 Å². The second kappa shape index (κ2) is 11.8. The molecular weight excluding hydrogens is 446 g/mol. The molecule has 1 aromatic heterocycles. The number of hydrogen-bond acceptors (Lipinski definition) is 4. The van der Waals surface area contributed by atoms with Crippen LogP contribution in [0.15, 0.2) is 30.6 Å². The Kier molecular flexibility index (Phi) is 8.50. The SMILES string of the molecule is C=C1C=CC(c2nc(C3CCCCN3)sc2C2(C)CCCCCCC2)=CN1C1CCCCCCC1. The third-order valence-electron chi connectivity index (χ3n) is 9.06. The van der Waals surface area contributed by atoms with E-state index in [1.807, 2.05) is 11.3 Å². The van der Waals surface area contributed by atoms with Gasteiger partial charge in [-0.15, -0.1) is 11.3 Å². The molecule has 0 bridgehead atoms. The number of allylic oxidation sites excluding steroid dienone is 3. The lowest BCUT2D eigenvalue weighted by molar-refractivity contribution is 0.281. The fourth-order valence-corrected chi connectivity index (χ4v) is 8.21. The molecule has 0 spiro atoms. The molecule has 1 atom stereocenters. The molecule has 0 aromatic carbocycles. The Morgan fingerprint density at radius 2 is 1.54 bits per heavy atom. The molecule has 2 saturated carbocycles. The van der Waals surface area contributed by atoms with Crippen molar-refractivity contribution in [1.82, 2.24) is 15.2 Å². The van der Waals surface area contributed by atoms with E-state index < -0.39 is 0 Å². The lowest BCUT2D eigenvalue weighted by Crippen LogP contribution is -2.31. The first-order chi connectivity index (χ1) is 17.1. The van der Waals surface area contributed by atoms with E-state index in [1.54, 1.807) is 4.88 Å². The maximum atomic E-state index is 5.45. The van der Waals surface area contributed by atoms with Gasteiger partial charge in [-0.3, -0.25) is 0 Å². The molecule has 3 nitrogen and oxygen atoms in total. The van der Waals surface area contributed by atoms with Crippen molar-refractivity contribution in [3.63, 3.8) is 0 Å². The normalized spacial score (nSPS) is 27.0. The summed E-state index contributed by atoms with van der Waals surface area (Å²) >= 11 is 2.04. The first kappa shape index (κ1) is 25.3. The highest BCUT2D eigenvalue weighted by atomic mass is 32.1. The Hall–Kier alpha value is -1.39. The molecule has 5 rings (SSSR count). The van der Waals surface area contributed by atoms with Gasteiger partial charge in [0.15, 0.2) is 0 Å². The van der Waals surface area contributed by atoms with Crippen LogP contribution in [0.3, 0.4) is 0 Å². The highest BCUT2D eigenvalue weighted by molar-refractivity contribution is 7.12. The largest absolute Gasteiger partial charge is 0.345 e. The minimum Gasteiger partial charge on any atom is -0.345 e. The molecule has 1 N–H and O–H groups in total. The number of thiazole rings is 1. The minimum absolute atomic E-state index is 0.245. The average molecular weight is 494 g/mol. The van der Waals surface area contributed by atoms with E-state index in [2.05, 4.69) is 42.1 Å². The molecule has 192 valence electrons. The smallest absolute Gasteiger partial charge is 0.111 e. The van der Waals surface area contributed by atoms with Gasteiger partial charge in [-0.25, -0.2) is 4.98 Å². The van der Waals surface area contributed by atoms with Gasteiger partial charge in [0.25, 0.3) is 0 Å². The van der Waals surface area contributed by atoms with E-state index in [-0.39, 0.29) is 5.41 Å². The maximum Gasteiger partial charge on any atom is 0.111 e. The zero-order valence-electron chi connectivity index (χ0n) is 22.1. The zero-order valence-corrected chi connectivity index (χ0v) is 22.9. The molecule has 2 aliphatic carbocycles. The third-order valence-corrected chi connectivity index (χ3v) is 10.5. The molecule has 0 amide bonds. The van der Waals surface area contributed by atoms with E-state index in [0.717, 1.165) is 12.2 Å². The Labute approximate surface area is 218 Å². The molecule has 1 unspecified atom stereocenters. The number of nitrogens with zero attached hydrogens (tertiary/aromatic N) is 2. The van der Waals surface area contributed by atoms with Gasteiger partial charge in [0.05, 0.1) is 11.7 Å². The van der Waals surface area contributed by atoms with Crippen molar-refractivity contribution in [3.05, 3.63) is 46.2 Å². The van der Waals surface area contributed by atoms with Crippen LogP contribution in [0.2, 0.25) is 0 Å². The van der Waals surface area contributed by atoms with Crippen LogP contribution >= 0.6 is 11.3 Å². The van der Waals surface area contributed by atoms with Gasteiger partial charge < -0.3 is 10.2 Å². The third kappa shape index (κ3) is 5.96. The average Bonchev–Trinajstić information content (AvgIpc) is 3.29. The predicted molar refractivity (Wildman–Crippen MR) is 151 cm³/mol. The lowest BCUT2D eigenvalue weighted by Gasteiger charge is -2.35. The standard InChI is InChI=1S/C31H47N3S/c1-24-18-19-25(23-34(24)26-15-9-5-3-6-10-16-26)28-29(31(2)20-12-7-4-8-13-21-31)35-30(33-28)27-17-11-14-22-32-27/h18-19,23,26-27,32H,1,3-17,20-22H2,2H3. The van der Waals surface area contributed by atoms with Gasteiger partial charge in [0.2, 0.25) is 0 Å². The van der Waals surface area contributed by atoms with Crippen LogP contribution in [0, 0.1) is 0 Å². The molecule has 4 aliphatic rings. The molecule has 1 aromatic rings. The van der Waals surface area contributed by atoms with Gasteiger partial charge in [0, 0.05) is 33.8 Å². The minimum atomic E-state index is 0.245. The van der Waals surface area contributed by atoms with E-state index in [0.29, 0.717) is 12.1 Å². The van der Waals surface area contributed by atoms with Gasteiger partial charge >= 0.3 is 0 Å². The van der Waals surface area contributed by atoms with Gasteiger partial charge in [-0.1, -0.05) is 84.1 Å². The fourth-order valence-electron chi connectivity index (χ4n) is 6.81. The molecular formula is C31H47N3S. The molecule has 35 heavy (non-hydrogen) atoms. The van der Waals surface area contributed by atoms with Crippen LogP contribution in [-0.4, -0.2) is 22.5 Å². The van der Waals surface area contributed by atoms with Gasteiger partial charge in [0.1, 0.15) is 5.01 Å². The summed E-state index contributed by atoms with van der Waals surface area (Å²) in [6.45, 7) is 8.12. The maximum absolute atomic E-state index is 5.45. The van der Waals surface area contributed by atoms with Crippen molar-refractivity contribution in [2.75, 3.05) is 6.54 Å². The van der Waals surface area contributed by atoms with E-state index in [4.69, 9.17) is 4.98 Å². The second-order valence-corrected chi connectivity index (χ2v) is 12.9. The number of aromatic nitrogens is 1. The summed E-state index contributed by atoms with van der Waals surface area (Å²) in [5, 5.41) is 5.11.